The Morgan fingerprint density at radius 3 is 2.45 bits per heavy atom. The maximum atomic E-state index is 12.6. The molecular weight excluding hydrogens is 487 g/mol. The number of ketones is 1. The Bertz CT molecular complexity index is 1050. The van der Waals surface area contributed by atoms with Crippen LogP contribution >= 0.6 is 22.6 Å². The zero-order chi connectivity index (χ0) is 21.6. The van der Waals surface area contributed by atoms with Crippen LogP contribution in [0.15, 0.2) is 42.0 Å². The van der Waals surface area contributed by atoms with Crippen molar-refractivity contribution in [3.63, 3.8) is 0 Å². The molecule has 0 unspecified atom stereocenters. The van der Waals surface area contributed by atoms with Gasteiger partial charge in [-0.25, -0.2) is 0 Å². The molecule has 1 amide bonds. The van der Waals surface area contributed by atoms with Gasteiger partial charge in [0.25, 0.3) is 5.91 Å². The van der Waals surface area contributed by atoms with E-state index in [2.05, 4.69) is 5.32 Å². The van der Waals surface area contributed by atoms with Gasteiger partial charge in [-0.2, -0.15) is 5.26 Å². The number of ether oxygens (including phenoxy) is 2. The average Bonchev–Trinajstić information content (AvgIpc) is 2.67. The number of Topliss-reactive ketones (excluding diaryl/α,β-unsaturated/α-hetero) is 1. The van der Waals surface area contributed by atoms with E-state index in [0.717, 1.165) is 0 Å². The number of halogens is 1. The first-order valence-electron chi connectivity index (χ1n) is 8.35. The first-order chi connectivity index (χ1) is 13.8. The second-order valence-corrected chi connectivity index (χ2v) is 7.02. The van der Waals surface area contributed by atoms with Gasteiger partial charge < -0.3 is 14.8 Å². The number of nitriles is 1. The van der Waals surface area contributed by atoms with Gasteiger partial charge in [0.05, 0.1) is 16.4 Å². The normalized spacial score (nSPS) is 10.7. The maximum absolute atomic E-state index is 12.6. The largest absolute Gasteiger partial charge is 0.493 e. The third kappa shape index (κ3) is 5.65. The van der Waals surface area contributed by atoms with Crippen molar-refractivity contribution >= 4 is 52.0 Å². The van der Waals surface area contributed by atoms with Gasteiger partial charge in [0.15, 0.2) is 17.3 Å². The Balaban J connectivity index is 2.38. The minimum atomic E-state index is -0.653. The van der Waals surface area contributed by atoms with Crippen molar-refractivity contribution in [3.05, 3.63) is 56.7 Å². The number of amides is 1. The van der Waals surface area contributed by atoms with Crippen LogP contribution in [0, 0.1) is 14.9 Å². The van der Waals surface area contributed by atoms with Gasteiger partial charge in [0.2, 0.25) is 0 Å². The summed E-state index contributed by atoms with van der Waals surface area (Å²) in [5.41, 5.74) is 1.01. The van der Waals surface area contributed by atoms with E-state index < -0.39 is 11.9 Å². The molecule has 29 heavy (non-hydrogen) atoms. The van der Waals surface area contributed by atoms with Gasteiger partial charge in [-0.1, -0.05) is 12.1 Å². The molecule has 148 valence electrons. The third-order valence-corrected chi connectivity index (χ3v) is 4.53. The number of nitrogens with one attached hydrogen (secondary N) is 1. The number of esters is 1. The van der Waals surface area contributed by atoms with Gasteiger partial charge in [0.1, 0.15) is 11.6 Å². The van der Waals surface area contributed by atoms with Crippen LogP contribution in [0.4, 0.5) is 5.69 Å². The van der Waals surface area contributed by atoms with E-state index in [1.54, 1.807) is 36.4 Å². The molecule has 0 spiro atoms. The van der Waals surface area contributed by atoms with Gasteiger partial charge >= 0.3 is 5.97 Å². The zero-order valence-electron chi connectivity index (χ0n) is 15.9. The fourth-order valence-electron chi connectivity index (χ4n) is 2.47. The lowest BCUT2D eigenvalue weighted by molar-refractivity contribution is -0.132. The SMILES string of the molecule is COc1cc(/C=C(/C#N)C(=O)Nc2ccccc2C(C)=O)cc(I)c1OC(C)=O. The molecule has 8 heteroatoms. The minimum absolute atomic E-state index is 0.165. The first kappa shape index (κ1) is 22.1. The summed E-state index contributed by atoms with van der Waals surface area (Å²) in [6, 6.07) is 11.6. The predicted octanol–water partition coefficient (Wildman–Crippen LogP) is 3.97. The van der Waals surface area contributed by atoms with Crippen LogP contribution in [0.5, 0.6) is 11.5 Å². The molecule has 0 aromatic heterocycles. The number of rotatable bonds is 6. The molecular formula is C21H17IN2O5. The predicted molar refractivity (Wildman–Crippen MR) is 116 cm³/mol. The van der Waals surface area contributed by atoms with E-state index in [9.17, 15) is 19.6 Å². The second-order valence-electron chi connectivity index (χ2n) is 5.85. The van der Waals surface area contributed by atoms with E-state index in [-0.39, 0.29) is 22.9 Å². The van der Waals surface area contributed by atoms with Crippen molar-refractivity contribution in [1.82, 2.24) is 0 Å². The van der Waals surface area contributed by atoms with E-state index in [0.29, 0.717) is 20.4 Å². The summed E-state index contributed by atoms with van der Waals surface area (Å²) >= 11 is 1.97. The number of methoxy groups -OCH3 is 1. The molecule has 0 saturated heterocycles. The smallest absolute Gasteiger partial charge is 0.308 e. The standard InChI is InChI=1S/C21H17IN2O5/c1-12(25)16-6-4-5-7-18(16)24-21(27)15(11-23)8-14-9-17(22)20(29-13(2)26)19(10-14)28-3/h4-10H,1-3H3,(H,24,27)/b15-8-. The summed E-state index contributed by atoms with van der Waals surface area (Å²) in [6.07, 6.45) is 1.38. The quantitative estimate of drug-likeness (QED) is 0.159. The number of carbonyl (C=O) groups is 3. The van der Waals surface area contributed by atoms with E-state index >= 15 is 0 Å². The van der Waals surface area contributed by atoms with Crippen molar-refractivity contribution < 1.29 is 23.9 Å². The van der Waals surface area contributed by atoms with E-state index in [4.69, 9.17) is 9.47 Å². The summed E-state index contributed by atoms with van der Waals surface area (Å²) < 4.78 is 11.0. The number of nitrogens with zero attached hydrogens (tertiary/aromatic N) is 1. The van der Waals surface area contributed by atoms with Crippen molar-refractivity contribution in [3.8, 4) is 17.6 Å². The molecule has 0 saturated carbocycles. The lowest BCUT2D eigenvalue weighted by Gasteiger charge is -2.11. The molecule has 0 atom stereocenters. The maximum Gasteiger partial charge on any atom is 0.308 e. The van der Waals surface area contributed by atoms with Crippen LogP contribution < -0.4 is 14.8 Å². The Labute approximate surface area is 181 Å². The van der Waals surface area contributed by atoms with Crippen LogP contribution in [0.3, 0.4) is 0 Å². The number of hydrogen-bond donors (Lipinski definition) is 1. The number of benzene rings is 2. The molecule has 0 heterocycles. The first-order valence-corrected chi connectivity index (χ1v) is 9.43. The molecule has 0 aliphatic rings. The summed E-state index contributed by atoms with van der Waals surface area (Å²) in [4.78, 5) is 35.5. The van der Waals surface area contributed by atoms with Gasteiger partial charge in [-0.3, -0.25) is 14.4 Å². The van der Waals surface area contributed by atoms with Crippen molar-refractivity contribution in [2.24, 2.45) is 0 Å². The Kier molecular flexibility index (Phi) is 7.50. The lowest BCUT2D eigenvalue weighted by Crippen LogP contribution is -2.15. The second kappa shape index (κ2) is 9.84. The molecule has 1 N–H and O–H groups in total. The van der Waals surface area contributed by atoms with Crippen molar-refractivity contribution in [2.75, 3.05) is 12.4 Å². The molecule has 0 aliphatic carbocycles. The number of hydrogen-bond acceptors (Lipinski definition) is 6. The van der Waals surface area contributed by atoms with Crippen LogP contribution in [0.2, 0.25) is 0 Å². The lowest BCUT2D eigenvalue weighted by atomic mass is 10.1. The summed E-state index contributed by atoms with van der Waals surface area (Å²) in [5, 5.41) is 12.0. The molecule has 2 aromatic carbocycles. The Morgan fingerprint density at radius 2 is 1.86 bits per heavy atom. The summed E-state index contributed by atoms with van der Waals surface area (Å²) in [6.45, 7) is 2.67. The monoisotopic (exact) mass is 504 g/mol. The topological polar surface area (TPSA) is 105 Å². The Morgan fingerprint density at radius 1 is 1.17 bits per heavy atom. The molecule has 2 aromatic rings. The highest BCUT2D eigenvalue weighted by molar-refractivity contribution is 14.1. The van der Waals surface area contributed by atoms with Crippen LogP contribution in [0.25, 0.3) is 6.08 Å². The van der Waals surface area contributed by atoms with Crippen LogP contribution in [-0.2, 0) is 9.59 Å². The molecule has 7 nitrogen and oxygen atoms in total. The van der Waals surface area contributed by atoms with E-state index in [1.165, 1.54) is 27.0 Å². The average molecular weight is 504 g/mol. The van der Waals surface area contributed by atoms with Gasteiger partial charge in [0, 0.05) is 12.5 Å². The fraction of sp³-hybridized carbons (Fsp3) is 0.143. The van der Waals surface area contributed by atoms with Crippen molar-refractivity contribution in [2.45, 2.75) is 13.8 Å². The third-order valence-electron chi connectivity index (χ3n) is 3.73. The zero-order valence-corrected chi connectivity index (χ0v) is 18.1. The summed E-state index contributed by atoms with van der Waals surface area (Å²) in [7, 11) is 1.42. The van der Waals surface area contributed by atoms with Gasteiger partial charge in [-0.15, -0.1) is 0 Å². The number of carbonyl (C=O) groups excluding carboxylic acids is 3. The molecule has 0 radical (unpaired) electrons. The highest BCUT2D eigenvalue weighted by Gasteiger charge is 2.16. The highest BCUT2D eigenvalue weighted by atomic mass is 127. The molecule has 0 bridgehead atoms. The highest BCUT2D eigenvalue weighted by Crippen LogP contribution is 2.34. The molecule has 0 aliphatic heterocycles. The number of anilines is 1. The molecule has 0 fully saturated rings. The fourth-order valence-corrected chi connectivity index (χ4v) is 3.21. The van der Waals surface area contributed by atoms with E-state index in [1.807, 2.05) is 28.7 Å². The Hall–Kier alpha value is -3.19. The molecule has 2 rings (SSSR count). The van der Waals surface area contributed by atoms with Gasteiger partial charge in [-0.05, 0) is 65.4 Å². The van der Waals surface area contributed by atoms with Crippen LogP contribution in [0.1, 0.15) is 29.8 Å². The summed E-state index contributed by atoms with van der Waals surface area (Å²) in [5.74, 6) is -0.803. The minimum Gasteiger partial charge on any atom is -0.493 e. The van der Waals surface area contributed by atoms with Crippen LogP contribution in [-0.4, -0.2) is 24.8 Å². The van der Waals surface area contributed by atoms with Crippen molar-refractivity contribution in [1.29, 1.82) is 5.26 Å². The number of para-hydroxylation sites is 1.